The number of hydrogen-bond acceptors (Lipinski definition) is 4. The van der Waals surface area contributed by atoms with Crippen LogP contribution >= 0.6 is 0 Å². The Bertz CT molecular complexity index is 1030. The maximum absolute atomic E-state index is 13.5. The summed E-state index contributed by atoms with van der Waals surface area (Å²) in [6, 6.07) is 10.4. The summed E-state index contributed by atoms with van der Waals surface area (Å²) in [7, 11) is 0. The second-order valence-corrected chi connectivity index (χ2v) is 5.90. The average molecular weight is 389 g/mol. The molecule has 3 aromatic rings. The molecule has 2 N–H and O–H groups in total. The zero-order valence-corrected chi connectivity index (χ0v) is 14.6. The largest absolute Gasteiger partial charge is 0.350 e. The van der Waals surface area contributed by atoms with E-state index < -0.39 is 41.5 Å². The first-order chi connectivity index (χ1) is 13.3. The smallest absolute Gasteiger partial charge is 0.290 e. The molecule has 0 spiro atoms. The van der Waals surface area contributed by atoms with Crippen LogP contribution in [0, 0.1) is 24.4 Å². The van der Waals surface area contributed by atoms with Gasteiger partial charge in [0, 0.05) is 11.6 Å². The lowest BCUT2D eigenvalue weighted by Crippen LogP contribution is -2.32. The lowest BCUT2D eigenvalue weighted by molar-refractivity contribution is -0.115. The fourth-order valence-corrected chi connectivity index (χ4v) is 2.31. The van der Waals surface area contributed by atoms with Crippen molar-refractivity contribution in [2.75, 3.05) is 11.9 Å². The molecule has 0 aliphatic carbocycles. The molecule has 0 aliphatic rings. The van der Waals surface area contributed by atoms with Gasteiger partial charge in [0.05, 0.1) is 12.2 Å². The molecule has 144 valence electrons. The summed E-state index contributed by atoms with van der Waals surface area (Å²) in [6.07, 6.45) is 0. The molecule has 0 unspecified atom stereocenters. The first-order valence-corrected chi connectivity index (χ1v) is 8.10. The van der Waals surface area contributed by atoms with Crippen LogP contribution in [0.1, 0.15) is 16.1 Å². The number of carbonyl (C=O) groups is 2. The molecule has 0 bridgehead atoms. The SMILES string of the molecule is Cc1ccc(-c2cc(C(=O)NCC(=O)Nc3ccc(F)c(F)c3F)on2)cc1. The van der Waals surface area contributed by atoms with Gasteiger partial charge in [0.2, 0.25) is 11.7 Å². The van der Waals surface area contributed by atoms with Gasteiger partial charge in [-0.25, -0.2) is 13.2 Å². The van der Waals surface area contributed by atoms with Crippen LogP contribution in [0.25, 0.3) is 11.3 Å². The number of carbonyl (C=O) groups excluding carboxylic acids is 2. The third-order valence-corrected chi connectivity index (χ3v) is 3.80. The summed E-state index contributed by atoms with van der Waals surface area (Å²) >= 11 is 0. The summed E-state index contributed by atoms with van der Waals surface area (Å²) < 4.78 is 44.5. The highest BCUT2D eigenvalue weighted by molar-refractivity contribution is 5.98. The molecule has 0 atom stereocenters. The highest BCUT2D eigenvalue weighted by atomic mass is 19.2. The van der Waals surface area contributed by atoms with Crippen molar-refractivity contribution < 1.29 is 27.3 Å². The normalized spacial score (nSPS) is 10.6. The van der Waals surface area contributed by atoms with Crippen LogP contribution in [0.2, 0.25) is 0 Å². The van der Waals surface area contributed by atoms with Crippen molar-refractivity contribution in [1.82, 2.24) is 10.5 Å². The highest BCUT2D eigenvalue weighted by Crippen LogP contribution is 2.20. The second kappa shape index (κ2) is 7.95. The van der Waals surface area contributed by atoms with Gasteiger partial charge >= 0.3 is 0 Å². The van der Waals surface area contributed by atoms with Crippen LogP contribution in [0.4, 0.5) is 18.9 Å². The number of amides is 2. The minimum atomic E-state index is -1.70. The summed E-state index contributed by atoms with van der Waals surface area (Å²) in [5.74, 6) is -6.28. The highest BCUT2D eigenvalue weighted by Gasteiger charge is 2.17. The molecule has 3 rings (SSSR count). The quantitative estimate of drug-likeness (QED) is 0.655. The van der Waals surface area contributed by atoms with Crippen LogP contribution < -0.4 is 10.6 Å². The standard InChI is InChI=1S/C19H14F3N3O3/c1-10-2-4-11(5-3-10)14-8-15(28-25-14)19(27)23-9-16(26)24-13-7-6-12(20)17(21)18(13)22/h2-8H,9H2,1H3,(H,23,27)(H,24,26). The number of anilines is 1. The lowest BCUT2D eigenvalue weighted by Gasteiger charge is -2.07. The van der Waals surface area contributed by atoms with Gasteiger partial charge in [-0.1, -0.05) is 35.0 Å². The minimum Gasteiger partial charge on any atom is -0.350 e. The Morgan fingerprint density at radius 1 is 1.04 bits per heavy atom. The number of aryl methyl sites for hydroxylation is 1. The van der Waals surface area contributed by atoms with E-state index in [1.807, 2.05) is 36.5 Å². The van der Waals surface area contributed by atoms with E-state index in [4.69, 9.17) is 4.52 Å². The second-order valence-electron chi connectivity index (χ2n) is 5.90. The fourth-order valence-electron chi connectivity index (χ4n) is 2.31. The van der Waals surface area contributed by atoms with Gasteiger partial charge < -0.3 is 15.2 Å². The zero-order chi connectivity index (χ0) is 20.3. The monoisotopic (exact) mass is 389 g/mol. The summed E-state index contributed by atoms with van der Waals surface area (Å²) in [6.45, 7) is 1.39. The number of rotatable bonds is 5. The first kappa shape index (κ1) is 19.2. The Kier molecular flexibility index (Phi) is 5.44. The van der Waals surface area contributed by atoms with Crippen molar-refractivity contribution in [3.05, 3.63) is 71.2 Å². The molecule has 0 saturated carbocycles. The molecule has 2 amide bonds. The van der Waals surface area contributed by atoms with Crippen molar-refractivity contribution in [2.45, 2.75) is 6.92 Å². The van der Waals surface area contributed by atoms with Gasteiger partial charge in [-0.2, -0.15) is 0 Å². The van der Waals surface area contributed by atoms with Crippen LogP contribution in [0.3, 0.4) is 0 Å². The molecule has 1 heterocycles. The van der Waals surface area contributed by atoms with Gasteiger partial charge in [0.15, 0.2) is 17.5 Å². The number of nitrogens with one attached hydrogen (secondary N) is 2. The zero-order valence-electron chi connectivity index (χ0n) is 14.6. The van der Waals surface area contributed by atoms with E-state index in [0.717, 1.165) is 17.2 Å². The predicted molar refractivity (Wildman–Crippen MR) is 94.0 cm³/mol. The molecule has 0 radical (unpaired) electrons. The molecule has 9 heteroatoms. The van der Waals surface area contributed by atoms with Gasteiger partial charge in [-0.3, -0.25) is 9.59 Å². The van der Waals surface area contributed by atoms with E-state index >= 15 is 0 Å². The summed E-state index contributed by atoms with van der Waals surface area (Å²) in [5.41, 5.74) is 1.71. The molecule has 2 aromatic carbocycles. The van der Waals surface area contributed by atoms with E-state index in [2.05, 4.69) is 10.5 Å². The molecule has 28 heavy (non-hydrogen) atoms. The van der Waals surface area contributed by atoms with E-state index in [-0.39, 0.29) is 5.76 Å². The maximum atomic E-state index is 13.5. The van der Waals surface area contributed by atoms with Crippen molar-refractivity contribution in [3.8, 4) is 11.3 Å². The van der Waals surface area contributed by atoms with Crippen LogP contribution in [0.5, 0.6) is 0 Å². The Labute approximate surface area is 157 Å². The number of aromatic nitrogens is 1. The van der Waals surface area contributed by atoms with E-state index in [1.165, 1.54) is 6.07 Å². The Morgan fingerprint density at radius 2 is 1.75 bits per heavy atom. The molecule has 1 aromatic heterocycles. The van der Waals surface area contributed by atoms with Gasteiger partial charge in [-0.15, -0.1) is 0 Å². The molecule has 0 fully saturated rings. The number of nitrogens with zero attached hydrogens (tertiary/aromatic N) is 1. The first-order valence-electron chi connectivity index (χ1n) is 8.10. The molecular formula is C19H14F3N3O3. The van der Waals surface area contributed by atoms with Crippen molar-refractivity contribution in [2.24, 2.45) is 0 Å². The Hall–Kier alpha value is -3.62. The van der Waals surface area contributed by atoms with E-state index in [1.54, 1.807) is 0 Å². The van der Waals surface area contributed by atoms with Gasteiger partial charge in [0.1, 0.15) is 5.69 Å². The third kappa shape index (κ3) is 4.20. The summed E-state index contributed by atoms with van der Waals surface area (Å²) in [5, 5.41) is 8.10. The maximum Gasteiger partial charge on any atom is 0.290 e. The van der Waals surface area contributed by atoms with Crippen LogP contribution in [-0.4, -0.2) is 23.5 Å². The van der Waals surface area contributed by atoms with Crippen molar-refractivity contribution in [3.63, 3.8) is 0 Å². The Balaban J connectivity index is 1.59. The fraction of sp³-hybridized carbons (Fsp3) is 0.105. The summed E-state index contributed by atoms with van der Waals surface area (Å²) in [4.78, 5) is 23.9. The van der Waals surface area contributed by atoms with Gasteiger partial charge in [0.25, 0.3) is 5.91 Å². The topological polar surface area (TPSA) is 84.2 Å². The van der Waals surface area contributed by atoms with Crippen molar-refractivity contribution in [1.29, 1.82) is 0 Å². The van der Waals surface area contributed by atoms with Gasteiger partial charge in [-0.05, 0) is 19.1 Å². The van der Waals surface area contributed by atoms with E-state index in [9.17, 15) is 22.8 Å². The molecule has 0 aliphatic heterocycles. The molecular weight excluding hydrogens is 375 g/mol. The minimum absolute atomic E-state index is 0.123. The third-order valence-electron chi connectivity index (χ3n) is 3.80. The van der Waals surface area contributed by atoms with Crippen LogP contribution in [0.15, 0.2) is 47.0 Å². The van der Waals surface area contributed by atoms with Crippen LogP contribution in [-0.2, 0) is 4.79 Å². The number of benzene rings is 2. The predicted octanol–water partition coefficient (Wildman–Crippen LogP) is 3.44. The lowest BCUT2D eigenvalue weighted by atomic mass is 10.1. The number of halogens is 3. The Morgan fingerprint density at radius 3 is 2.46 bits per heavy atom. The van der Waals surface area contributed by atoms with Crippen molar-refractivity contribution >= 4 is 17.5 Å². The molecule has 6 nitrogen and oxygen atoms in total. The number of hydrogen-bond donors (Lipinski definition) is 2. The molecule has 0 saturated heterocycles. The van der Waals surface area contributed by atoms with E-state index in [0.29, 0.717) is 11.8 Å². The average Bonchev–Trinajstić information content (AvgIpc) is 3.17.